The summed E-state index contributed by atoms with van der Waals surface area (Å²) in [7, 11) is 0. The highest BCUT2D eigenvalue weighted by Gasteiger charge is 2.57. The molecule has 0 atom stereocenters. The summed E-state index contributed by atoms with van der Waals surface area (Å²) in [5.74, 6) is -3.53. The Labute approximate surface area is 195 Å². The van der Waals surface area contributed by atoms with E-state index in [9.17, 15) is 27.2 Å². The quantitative estimate of drug-likeness (QED) is 0.383. The number of thioether (sulfide) groups is 1. The minimum absolute atomic E-state index is 0.0981. The van der Waals surface area contributed by atoms with Crippen molar-refractivity contribution in [1.82, 2.24) is 19.6 Å². The van der Waals surface area contributed by atoms with Crippen molar-refractivity contribution in [2.75, 3.05) is 12.3 Å². The third-order valence-corrected chi connectivity index (χ3v) is 5.84. The first-order valence-corrected chi connectivity index (χ1v) is 11.1. The van der Waals surface area contributed by atoms with Crippen LogP contribution in [0.1, 0.15) is 12.6 Å². The van der Waals surface area contributed by atoms with Gasteiger partial charge < -0.3 is 19.6 Å². The van der Waals surface area contributed by atoms with Crippen LogP contribution >= 0.6 is 11.8 Å². The zero-order chi connectivity index (χ0) is 24.5. The van der Waals surface area contributed by atoms with Crippen molar-refractivity contribution in [1.29, 1.82) is 0 Å². The minimum Gasteiger partial charge on any atom is -0.758 e. The van der Waals surface area contributed by atoms with Crippen LogP contribution in [-0.4, -0.2) is 44.0 Å². The molecule has 0 unspecified atom stereocenters. The summed E-state index contributed by atoms with van der Waals surface area (Å²) in [5, 5.41) is 14.0. The molecule has 3 aromatic heterocycles. The Morgan fingerprint density at radius 1 is 1.15 bits per heavy atom. The molecule has 4 rings (SSSR count). The smallest absolute Gasteiger partial charge is 0.455 e. The number of allylic oxidation sites excluding steroid dienone is 1. The monoisotopic (exact) mass is 497 g/mol. The fourth-order valence-corrected chi connectivity index (χ4v) is 4.25. The molecule has 0 bridgehead atoms. The highest BCUT2D eigenvalue weighted by atomic mass is 32.2. The first-order chi connectivity index (χ1) is 16.1. The molecular formula is C22H18F5N4O2S-. The van der Waals surface area contributed by atoms with E-state index in [1.165, 1.54) is 30.1 Å². The Bertz CT molecular complexity index is 1240. The average Bonchev–Trinajstić information content (AvgIpc) is 3.15. The largest absolute Gasteiger partial charge is 0.758 e. The number of hydrogen-bond donors (Lipinski definition) is 0. The first-order valence-electron chi connectivity index (χ1n) is 10.1. The highest BCUT2D eigenvalue weighted by Crippen LogP contribution is 2.38. The van der Waals surface area contributed by atoms with Crippen LogP contribution in [0.5, 0.6) is 5.88 Å². The maximum absolute atomic E-state index is 13.5. The van der Waals surface area contributed by atoms with Crippen LogP contribution in [0.15, 0.2) is 65.7 Å². The second kappa shape index (κ2) is 9.26. The topological polar surface area (TPSA) is 66.2 Å². The number of hydrogen-bond acceptors (Lipinski definition) is 6. The summed E-state index contributed by atoms with van der Waals surface area (Å²) in [6, 6.07) is 8.04. The molecule has 3 aromatic rings. The number of alkyl halides is 5. The molecule has 0 N–H and O–H groups in total. The van der Waals surface area contributed by atoms with E-state index in [1.807, 2.05) is 6.92 Å². The maximum atomic E-state index is 13.5. The van der Waals surface area contributed by atoms with Crippen LogP contribution < -0.4 is 4.74 Å². The number of ether oxygens (including phenoxy) is 1. The van der Waals surface area contributed by atoms with E-state index in [-0.39, 0.29) is 23.5 Å². The van der Waals surface area contributed by atoms with Gasteiger partial charge in [0.15, 0.2) is 0 Å². The fourth-order valence-electron chi connectivity index (χ4n) is 3.39. The van der Waals surface area contributed by atoms with Crippen molar-refractivity contribution in [3.05, 3.63) is 76.6 Å². The summed E-state index contributed by atoms with van der Waals surface area (Å²) in [5.41, 5.74) is 0.628. The Hall–Kier alpha value is -3.12. The third kappa shape index (κ3) is 4.87. The molecule has 1 aliphatic rings. The van der Waals surface area contributed by atoms with E-state index in [4.69, 9.17) is 4.74 Å². The van der Waals surface area contributed by atoms with Crippen LogP contribution in [0.25, 0.3) is 16.6 Å². The number of aromatic nitrogens is 3. The van der Waals surface area contributed by atoms with Crippen LogP contribution in [0.4, 0.5) is 22.0 Å². The lowest BCUT2D eigenvalue weighted by atomic mass is 10.1. The molecule has 12 heteroatoms. The summed E-state index contributed by atoms with van der Waals surface area (Å²) >= 11 is 1.39. The Morgan fingerprint density at radius 2 is 1.94 bits per heavy atom. The van der Waals surface area contributed by atoms with Crippen LogP contribution in [-0.2, 0) is 6.54 Å². The predicted octanol–water partition coefficient (Wildman–Crippen LogP) is 5.83. The van der Waals surface area contributed by atoms with Gasteiger partial charge in [-0.25, -0.2) is 4.98 Å². The number of halogens is 5. The molecule has 1 aliphatic heterocycles. The van der Waals surface area contributed by atoms with Crippen LogP contribution in [0.2, 0.25) is 0 Å². The molecule has 0 spiro atoms. The fraction of sp³-hybridized carbons (Fsp3) is 0.273. The van der Waals surface area contributed by atoms with Crippen molar-refractivity contribution >= 4 is 28.4 Å². The van der Waals surface area contributed by atoms with Crippen molar-refractivity contribution < 1.29 is 26.7 Å². The summed E-state index contributed by atoms with van der Waals surface area (Å²) in [4.78, 5) is 8.87. The van der Waals surface area contributed by atoms with Gasteiger partial charge in [0.05, 0.1) is 36.2 Å². The molecule has 0 radical (unpaired) electrons. The molecule has 6 nitrogen and oxygen atoms in total. The van der Waals surface area contributed by atoms with Crippen molar-refractivity contribution in [2.45, 2.75) is 25.6 Å². The van der Waals surface area contributed by atoms with Gasteiger partial charge in [-0.15, -0.1) is 11.8 Å². The Kier molecular flexibility index (Phi) is 6.54. The minimum atomic E-state index is -5.67. The van der Waals surface area contributed by atoms with E-state index in [2.05, 4.69) is 9.97 Å². The van der Waals surface area contributed by atoms with Gasteiger partial charge in [-0.1, -0.05) is 13.0 Å². The molecule has 0 aliphatic carbocycles. The number of fused-ring (bicyclic) bond motifs is 1. The predicted molar refractivity (Wildman–Crippen MR) is 119 cm³/mol. The molecule has 0 saturated heterocycles. The lowest BCUT2D eigenvalue weighted by molar-refractivity contribution is -0.286. The SMILES string of the molecule is CCSC1=C(c2cc3ccn(CC(F)(F)C(F)(F)F)c3cn2)N([O-])CC(Oc2ccccn2)=C1. The lowest BCUT2D eigenvalue weighted by Gasteiger charge is -2.37. The van der Waals surface area contributed by atoms with E-state index in [1.54, 1.807) is 30.5 Å². The number of hydroxylamine groups is 2. The molecule has 0 aromatic carbocycles. The maximum Gasteiger partial charge on any atom is 0.455 e. The number of pyridine rings is 2. The van der Waals surface area contributed by atoms with Crippen LogP contribution in [0.3, 0.4) is 0 Å². The summed E-state index contributed by atoms with van der Waals surface area (Å²) in [6.45, 7) is 0.229. The van der Waals surface area contributed by atoms with Gasteiger partial charge in [0.2, 0.25) is 5.88 Å². The van der Waals surface area contributed by atoms with Gasteiger partial charge in [-0.2, -0.15) is 22.0 Å². The molecule has 180 valence electrons. The highest BCUT2D eigenvalue weighted by molar-refractivity contribution is 8.03. The van der Waals surface area contributed by atoms with E-state index in [0.29, 0.717) is 32.7 Å². The van der Waals surface area contributed by atoms with Crippen molar-refractivity contribution in [3.8, 4) is 5.88 Å². The zero-order valence-corrected chi connectivity index (χ0v) is 18.5. The van der Waals surface area contributed by atoms with Gasteiger partial charge in [-0.3, -0.25) is 4.98 Å². The molecule has 0 fully saturated rings. The van der Waals surface area contributed by atoms with Gasteiger partial charge in [0.25, 0.3) is 0 Å². The van der Waals surface area contributed by atoms with Crippen molar-refractivity contribution in [2.24, 2.45) is 0 Å². The van der Waals surface area contributed by atoms with E-state index >= 15 is 0 Å². The Morgan fingerprint density at radius 3 is 2.62 bits per heavy atom. The van der Waals surface area contributed by atoms with Gasteiger partial charge >= 0.3 is 12.1 Å². The van der Waals surface area contributed by atoms with E-state index in [0.717, 1.165) is 10.8 Å². The second-order valence-electron chi connectivity index (χ2n) is 7.34. The van der Waals surface area contributed by atoms with Gasteiger partial charge in [-0.05, 0) is 30.0 Å². The van der Waals surface area contributed by atoms with Crippen molar-refractivity contribution in [3.63, 3.8) is 0 Å². The van der Waals surface area contributed by atoms with E-state index < -0.39 is 18.6 Å². The van der Waals surface area contributed by atoms with Crippen LogP contribution in [0, 0.1) is 5.21 Å². The molecule has 0 saturated carbocycles. The third-order valence-electron chi connectivity index (χ3n) is 4.93. The summed E-state index contributed by atoms with van der Waals surface area (Å²) < 4.78 is 71.4. The summed E-state index contributed by atoms with van der Waals surface area (Å²) in [6.07, 6.45) is -0.0587. The Balaban J connectivity index is 1.68. The number of rotatable bonds is 7. The lowest BCUT2D eigenvalue weighted by Crippen LogP contribution is -2.40. The molecule has 34 heavy (non-hydrogen) atoms. The van der Waals surface area contributed by atoms with Gasteiger partial charge in [0.1, 0.15) is 5.76 Å². The molecule has 4 heterocycles. The molecule has 0 amide bonds. The molecular weight excluding hydrogens is 479 g/mol. The standard InChI is InChI=1S/C22H18F5N4O2S/c1-2-34-18-10-15(33-19-5-3-4-7-28-19)12-31(32)20(18)16-9-14-6-8-30(17(14)11-29-16)13-21(23,24)22(25,26)27/h3-11H,2,12-13H2,1H3/q-1. The van der Waals surface area contributed by atoms with Gasteiger partial charge in [0, 0.05) is 28.8 Å². The number of nitrogens with zero attached hydrogens (tertiary/aromatic N) is 4. The first kappa shape index (κ1) is 24.0. The zero-order valence-electron chi connectivity index (χ0n) is 17.7. The normalized spacial score (nSPS) is 15.1. The average molecular weight is 497 g/mol. The second-order valence-corrected chi connectivity index (χ2v) is 8.64.